The molecule has 0 N–H and O–H groups in total. The van der Waals surface area contributed by atoms with E-state index in [1.165, 1.54) is 11.0 Å². The van der Waals surface area contributed by atoms with Gasteiger partial charge in [0.1, 0.15) is 12.2 Å². The molecule has 1 saturated heterocycles. The normalized spacial score (nSPS) is 22.1. The number of hydrogen-bond donors (Lipinski definition) is 0. The van der Waals surface area contributed by atoms with E-state index in [0.717, 1.165) is 24.2 Å². The molecule has 218 valence electrons. The second kappa shape index (κ2) is 9.94. The summed E-state index contributed by atoms with van der Waals surface area (Å²) in [6, 6.07) is 10.6. The molecular formula is C31H36F3N5O2. The van der Waals surface area contributed by atoms with Gasteiger partial charge >= 0.3 is 6.18 Å². The van der Waals surface area contributed by atoms with Crippen molar-refractivity contribution >= 4 is 11.6 Å². The molecule has 1 atom stereocenters. The standard InChI is InChI=1S/C31H36F3N5O2/c1-20-14-38(8-9-41-20)15-21-10-24-25(26(11-21)31(32,33)34)16-39(28(24)40)23-7-5-6-22(12-23)30(17-29(2,3)18-30)13-27-36-35-19-37(27)4/h5-7,10-12,19-20H,8-9,13-18H2,1-4H3/t20-/m1/s1. The highest BCUT2D eigenvalue weighted by molar-refractivity contribution is 6.10. The van der Waals surface area contributed by atoms with Crippen LogP contribution in [0.2, 0.25) is 0 Å². The highest BCUT2D eigenvalue weighted by atomic mass is 19.4. The molecule has 3 aliphatic rings. The van der Waals surface area contributed by atoms with E-state index in [9.17, 15) is 18.0 Å². The molecule has 7 nitrogen and oxygen atoms in total. The van der Waals surface area contributed by atoms with Crippen molar-refractivity contribution in [1.29, 1.82) is 0 Å². The van der Waals surface area contributed by atoms with Crippen LogP contribution in [0.15, 0.2) is 42.7 Å². The Labute approximate surface area is 238 Å². The van der Waals surface area contributed by atoms with Gasteiger partial charge in [-0.2, -0.15) is 13.2 Å². The molecule has 1 saturated carbocycles. The average Bonchev–Trinajstić information content (AvgIpc) is 3.44. The second-order valence-electron chi connectivity index (χ2n) is 12.9. The highest BCUT2D eigenvalue weighted by Gasteiger charge is 2.51. The predicted molar refractivity (Wildman–Crippen MR) is 148 cm³/mol. The Balaban J connectivity index is 1.32. The zero-order valence-electron chi connectivity index (χ0n) is 24.0. The van der Waals surface area contributed by atoms with Gasteiger partial charge in [0.2, 0.25) is 0 Å². The van der Waals surface area contributed by atoms with Gasteiger partial charge < -0.3 is 14.2 Å². The van der Waals surface area contributed by atoms with Crippen molar-refractivity contribution < 1.29 is 22.7 Å². The Morgan fingerprint density at radius 3 is 2.59 bits per heavy atom. The molecule has 0 bridgehead atoms. The lowest BCUT2D eigenvalue weighted by atomic mass is 9.50. The molecule has 0 radical (unpaired) electrons. The van der Waals surface area contributed by atoms with Gasteiger partial charge in [0.05, 0.1) is 24.8 Å². The van der Waals surface area contributed by atoms with Crippen molar-refractivity contribution in [3.8, 4) is 0 Å². The van der Waals surface area contributed by atoms with Crippen LogP contribution in [0.25, 0.3) is 0 Å². The Morgan fingerprint density at radius 1 is 1.15 bits per heavy atom. The monoisotopic (exact) mass is 567 g/mol. The molecule has 1 aromatic heterocycles. The summed E-state index contributed by atoms with van der Waals surface area (Å²) < 4.78 is 50.4. The quantitative estimate of drug-likeness (QED) is 0.393. The summed E-state index contributed by atoms with van der Waals surface area (Å²) >= 11 is 0. The fourth-order valence-electron chi connectivity index (χ4n) is 7.30. The minimum atomic E-state index is -4.56. The summed E-state index contributed by atoms with van der Waals surface area (Å²) in [6.07, 6.45) is -0.281. The van der Waals surface area contributed by atoms with Crippen LogP contribution in [0.4, 0.5) is 18.9 Å². The van der Waals surface area contributed by atoms with Crippen molar-refractivity contribution in [2.45, 2.75) is 70.8 Å². The Morgan fingerprint density at radius 2 is 1.93 bits per heavy atom. The maximum Gasteiger partial charge on any atom is 0.416 e. The van der Waals surface area contributed by atoms with Gasteiger partial charge in [-0.15, -0.1) is 10.2 Å². The molecule has 0 spiro atoms. The third-order valence-electron chi connectivity index (χ3n) is 8.84. The molecule has 1 aliphatic carbocycles. The van der Waals surface area contributed by atoms with Crippen LogP contribution in [0, 0.1) is 5.41 Å². The van der Waals surface area contributed by atoms with Crippen molar-refractivity contribution in [3.63, 3.8) is 0 Å². The molecule has 3 aromatic rings. The first-order chi connectivity index (χ1) is 19.3. The molecule has 41 heavy (non-hydrogen) atoms. The molecule has 10 heteroatoms. The molecule has 0 unspecified atom stereocenters. The zero-order valence-corrected chi connectivity index (χ0v) is 24.0. The minimum Gasteiger partial charge on any atom is -0.376 e. The lowest BCUT2D eigenvalue weighted by molar-refractivity contribution is -0.138. The molecule has 1 amide bonds. The largest absolute Gasteiger partial charge is 0.416 e. The number of nitrogens with zero attached hydrogens (tertiary/aromatic N) is 5. The SMILES string of the molecule is C[C@@H]1CN(Cc2cc3c(c(C(F)(F)F)c2)CN(c2cccc(C4(Cc5nncn5C)CC(C)(C)C4)c2)C3=O)CCO1. The van der Waals surface area contributed by atoms with Crippen molar-refractivity contribution in [3.05, 3.63) is 76.4 Å². The molecule has 6 rings (SSSR count). The summed E-state index contributed by atoms with van der Waals surface area (Å²) in [5, 5.41) is 8.36. The fraction of sp³-hybridized carbons (Fsp3) is 0.516. The molecule has 2 aromatic carbocycles. The number of ether oxygens (including phenoxy) is 1. The fourth-order valence-corrected chi connectivity index (χ4v) is 7.30. The molecule has 3 heterocycles. The van der Waals surface area contributed by atoms with Crippen LogP contribution in [-0.2, 0) is 42.9 Å². The first-order valence-corrected chi connectivity index (χ1v) is 14.2. The van der Waals surface area contributed by atoms with Crippen LogP contribution in [0.3, 0.4) is 0 Å². The first kappa shape index (κ1) is 27.9. The number of benzene rings is 2. The minimum absolute atomic E-state index is 0.0165. The van der Waals surface area contributed by atoms with E-state index >= 15 is 0 Å². The van der Waals surface area contributed by atoms with Crippen LogP contribution in [-0.4, -0.2) is 51.4 Å². The van der Waals surface area contributed by atoms with Crippen molar-refractivity contribution in [2.75, 3.05) is 24.6 Å². The Kier molecular flexibility index (Phi) is 6.77. The summed E-state index contributed by atoms with van der Waals surface area (Å²) in [5.74, 6) is 0.490. The number of aryl methyl sites for hydroxylation is 1. The van der Waals surface area contributed by atoms with Crippen LogP contribution in [0.1, 0.15) is 72.0 Å². The third-order valence-corrected chi connectivity index (χ3v) is 8.84. The number of rotatable bonds is 6. The Bertz CT molecular complexity index is 1470. The van der Waals surface area contributed by atoms with Crippen LogP contribution >= 0.6 is 0 Å². The van der Waals surface area contributed by atoms with Crippen LogP contribution in [0.5, 0.6) is 0 Å². The smallest absolute Gasteiger partial charge is 0.376 e. The topological polar surface area (TPSA) is 63.5 Å². The number of alkyl halides is 3. The maximum atomic E-state index is 14.3. The summed E-state index contributed by atoms with van der Waals surface area (Å²) in [4.78, 5) is 17.3. The van der Waals surface area contributed by atoms with Gasteiger partial charge in [-0.1, -0.05) is 26.0 Å². The van der Waals surface area contributed by atoms with Gasteiger partial charge in [-0.25, -0.2) is 0 Å². The summed E-state index contributed by atoms with van der Waals surface area (Å²) in [7, 11) is 1.93. The number of carbonyl (C=O) groups is 1. The molecule has 2 aliphatic heterocycles. The average molecular weight is 568 g/mol. The number of amides is 1. The summed E-state index contributed by atoms with van der Waals surface area (Å²) in [6.45, 7) is 8.47. The van der Waals surface area contributed by atoms with Gasteiger partial charge in [0.25, 0.3) is 5.91 Å². The third kappa shape index (κ3) is 5.28. The lowest BCUT2D eigenvalue weighted by Gasteiger charge is -2.54. The maximum absolute atomic E-state index is 14.3. The molecule has 2 fully saturated rings. The Hall–Kier alpha value is -3.24. The van der Waals surface area contributed by atoms with Crippen molar-refractivity contribution in [1.82, 2.24) is 19.7 Å². The van der Waals surface area contributed by atoms with E-state index in [2.05, 4.69) is 35.0 Å². The number of aromatic nitrogens is 3. The van der Waals surface area contributed by atoms with E-state index in [-0.39, 0.29) is 34.6 Å². The van der Waals surface area contributed by atoms with E-state index in [4.69, 9.17) is 4.74 Å². The van der Waals surface area contributed by atoms with E-state index in [1.54, 1.807) is 12.4 Å². The number of hydrogen-bond acceptors (Lipinski definition) is 5. The van der Waals surface area contributed by atoms with Gasteiger partial charge in [0, 0.05) is 49.8 Å². The number of fused-ring (bicyclic) bond motifs is 1. The number of carbonyl (C=O) groups excluding carboxylic acids is 1. The lowest BCUT2D eigenvalue weighted by Crippen LogP contribution is -2.48. The zero-order chi connectivity index (χ0) is 29.2. The highest BCUT2D eigenvalue weighted by Crippen LogP contribution is 2.57. The first-order valence-electron chi connectivity index (χ1n) is 14.2. The van der Waals surface area contributed by atoms with E-state index < -0.39 is 17.6 Å². The van der Waals surface area contributed by atoms with Gasteiger partial charge in [-0.05, 0) is 66.1 Å². The number of morpholine rings is 1. The number of halogens is 3. The summed E-state index contributed by atoms with van der Waals surface area (Å²) in [5.41, 5.74) is 1.61. The van der Waals surface area contributed by atoms with Crippen molar-refractivity contribution in [2.24, 2.45) is 12.5 Å². The van der Waals surface area contributed by atoms with Gasteiger partial charge in [-0.3, -0.25) is 9.69 Å². The second-order valence-corrected chi connectivity index (χ2v) is 12.9. The predicted octanol–water partition coefficient (Wildman–Crippen LogP) is 5.52. The number of anilines is 1. The van der Waals surface area contributed by atoms with E-state index in [1.807, 2.05) is 36.7 Å². The van der Waals surface area contributed by atoms with E-state index in [0.29, 0.717) is 43.9 Å². The van der Waals surface area contributed by atoms with Crippen LogP contribution < -0.4 is 4.90 Å². The molecular weight excluding hydrogens is 531 g/mol. The van der Waals surface area contributed by atoms with Gasteiger partial charge in [0.15, 0.2) is 0 Å².